The Kier molecular flexibility index (Phi) is 5.13. The highest BCUT2D eigenvalue weighted by Crippen LogP contribution is 2.25. The number of nitro groups is 1. The zero-order valence-corrected chi connectivity index (χ0v) is 16.0. The number of hydrogen-bond donors (Lipinski definition) is 0. The molecule has 4 aromatic rings. The van der Waals surface area contributed by atoms with Crippen molar-refractivity contribution in [1.82, 2.24) is 4.57 Å². The molecule has 142 valence electrons. The molecule has 0 bridgehead atoms. The van der Waals surface area contributed by atoms with Gasteiger partial charge in [0.25, 0.3) is 11.6 Å². The molecule has 0 fully saturated rings. The maximum Gasteiger partial charge on any atom is 0.279 e. The van der Waals surface area contributed by atoms with Crippen LogP contribution in [0.2, 0.25) is 0 Å². The molecule has 6 nitrogen and oxygen atoms in total. The number of benzene rings is 3. The number of thiazole rings is 1. The topological polar surface area (TPSA) is 77.5 Å². The van der Waals surface area contributed by atoms with Gasteiger partial charge in [-0.15, -0.1) is 11.3 Å². The van der Waals surface area contributed by atoms with Gasteiger partial charge < -0.3 is 0 Å². The lowest BCUT2D eigenvalue weighted by Gasteiger charge is -2.09. The monoisotopic (exact) mass is 401 g/mol. The average molecular weight is 401 g/mol. The van der Waals surface area contributed by atoms with E-state index >= 15 is 0 Å². The first-order chi connectivity index (χ1) is 14.1. The average Bonchev–Trinajstić information content (AvgIpc) is 3.18. The Morgan fingerprint density at radius 3 is 2.31 bits per heavy atom. The summed E-state index contributed by atoms with van der Waals surface area (Å²) in [7, 11) is 0. The van der Waals surface area contributed by atoms with E-state index in [2.05, 4.69) is 4.99 Å². The lowest BCUT2D eigenvalue weighted by Crippen LogP contribution is -2.16. The Labute approximate surface area is 170 Å². The van der Waals surface area contributed by atoms with E-state index < -0.39 is 4.92 Å². The highest BCUT2D eigenvalue weighted by molar-refractivity contribution is 7.07. The fourth-order valence-electron chi connectivity index (χ4n) is 2.93. The van der Waals surface area contributed by atoms with E-state index in [1.807, 2.05) is 41.8 Å². The third-order valence-electron chi connectivity index (χ3n) is 4.29. The Bertz CT molecular complexity index is 1250. The first-order valence-electron chi connectivity index (χ1n) is 8.78. The van der Waals surface area contributed by atoms with Gasteiger partial charge in [-0.2, -0.15) is 4.99 Å². The molecule has 0 aliphatic heterocycles. The summed E-state index contributed by atoms with van der Waals surface area (Å²) < 4.78 is 1.77. The lowest BCUT2D eigenvalue weighted by atomic mass is 10.1. The molecule has 7 heteroatoms. The van der Waals surface area contributed by atoms with E-state index in [9.17, 15) is 14.9 Å². The molecule has 0 spiro atoms. The molecular formula is C22H15N3O3S. The van der Waals surface area contributed by atoms with E-state index in [1.165, 1.54) is 23.5 Å². The standard InChI is InChI=1S/C22H15N3O3S/c26-21(17-10-5-2-6-11-17)23-22-24(18-12-7-13-19(14-18)25(27)28)20(15-29-22)16-8-3-1-4-9-16/h1-15H. The van der Waals surface area contributed by atoms with Gasteiger partial charge in [0.2, 0.25) is 0 Å². The first kappa shape index (κ1) is 18.5. The van der Waals surface area contributed by atoms with Gasteiger partial charge in [-0.25, -0.2) is 0 Å². The number of aromatic nitrogens is 1. The zero-order chi connectivity index (χ0) is 20.2. The Morgan fingerprint density at radius 1 is 0.931 bits per heavy atom. The van der Waals surface area contributed by atoms with Crippen LogP contribution in [0.15, 0.2) is 95.3 Å². The van der Waals surface area contributed by atoms with E-state index in [0.717, 1.165) is 11.3 Å². The molecule has 0 saturated carbocycles. The second kappa shape index (κ2) is 8.04. The molecule has 0 aliphatic carbocycles. The van der Waals surface area contributed by atoms with Crippen molar-refractivity contribution in [2.75, 3.05) is 0 Å². The molecule has 29 heavy (non-hydrogen) atoms. The Hall–Kier alpha value is -3.84. The van der Waals surface area contributed by atoms with Crippen LogP contribution in [0.1, 0.15) is 10.4 Å². The number of nitrogens with zero attached hydrogens (tertiary/aromatic N) is 3. The summed E-state index contributed by atoms with van der Waals surface area (Å²) in [4.78, 5) is 28.2. The van der Waals surface area contributed by atoms with E-state index in [1.54, 1.807) is 41.0 Å². The number of rotatable bonds is 4. The summed E-state index contributed by atoms with van der Waals surface area (Å²) in [6, 6.07) is 24.7. The van der Waals surface area contributed by atoms with E-state index in [4.69, 9.17) is 0 Å². The van der Waals surface area contributed by atoms with Crippen LogP contribution in [0.25, 0.3) is 16.9 Å². The fraction of sp³-hybridized carbons (Fsp3) is 0. The van der Waals surface area contributed by atoms with Crippen LogP contribution in [0, 0.1) is 10.1 Å². The van der Waals surface area contributed by atoms with Gasteiger partial charge in [-0.05, 0) is 23.8 Å². The third kappa shape index (κ3) is 3.90. The van der Waals surface area contributed by atoms with Crippen LogP contribution in [0.5, 0.6) is 0 Å². The molecule has 1 heterocycles. The van der Waals surface area contributed by atoms with Gasteiger partial charge >= 0.3 is 0 Å². The maximum atomic E-state index is 12.6. The molecule has 0 radical (unpaired) electrons. The second-order valence-electron chi connectivity index (χ2n) is 6.16. The highest BCUT2D eigenvalue weighted by atomic mass is 32.1. The minimum Gasteiger partial charge on any atom is -0.285 e. The summed E-state index contributed by atoms with van der Waals surface area (Å²) in [6.07, 6.45) is 0. The van der Waals surface area contributed by atoms with E-state index in [0.29, 0.717) is 16.1 Å². The minimum atomic E-state index is -0.440. The van der Waals surface area contributed by atoms with Gasteiger partial charge in [-0.3, -0.25) is 19.5 Å². The van der Waals surface area contributed by atoms with Crippen molar-refractivity contribution >= 4 is 22.9 Å². The van der Waals surface area contributed by atoms with Crippen LogP contribution in [0.4, 0.5) is 5.69 Å². The number of carbonyl (C=O) groups is 1. The molecular weight excluding hydrogens is 386 g/mol. The molecule has 3 aromatic carbocycles. The SMILES string of the molecule is O=C(N=c1scc(-c2ccccc2)n1-c1cccc([N+](=O)[O-])c1)c1ccccc1. The maximum absolute atomic E-state index is 12.6. The van der Waals surface area contributed by atoms with Crippen molar-refractivity contribution in [2.45, 2.75) is 0 Å². The van der Waals surface area contributed by atoms with Crippen LogP contribution < -0.4 is 4.80 Å². The van der Waals surface area contributed by atoms with E-state index in [-0.39, 0.29) is 11.6 Å². The molecule has 4 rings (SSSR count). The molecule has 0 aliphatic rings. The van der Waals surface area contributed by atoms with Crippen molar-refractivity contribution in [1.29, 1.82) is 0 Å². The summed E-state index contributed by atoms with van der Waals surface area (Å²) in [6.45, 7) is 0. The Balaban J connectivity index is 1.92. The summed E-state index contributed by atoms with van der Waals surface area (Å²) in [5.41, 5.74) is 2.74. The van der Waals surface area contributed by atoms with Gasteiger partial charge in [-0.1, -0.05) is 54.6 Å². The predicted molar refractivity (Wildman–Crippen MR) is 112 cm³/mol. The fourth-order valence-corrected chi connectivity index (χ4v) is 3.83. The van der Waals surface area contributed by atoms with Crippen molar-refractivity contribution < 1.29 is 9.72 Å². The largest absolute Gasteiger partial charge is 0.285 e. The zero-order valence-electron chi connectivity index (χ0n) is 15.1. The summed E-state index contributed by atoms with van der Waals surface area (Å²) in [5, 5.41) is 13.1. The smallest absolute Gasteiger partial charge is 0.279 e. The molecule has 0 saturated heterocycles. The molecule has 1 aromatic heterocycles. The molecule has 0 N–H and O–H groups in total. The number of non-ortho nitro benzene ring substituents is 1. The van der Waals surface area contributed by atoms with Crippen molar-refractivity contribution in [3.63, 3.8) is 0 Å². The minimum absolute atomic E-state index is 0.0273. The van der Waals surface area contributed by atoms with Crippen molar-refractivity contribution in [3.05, 3.63) is 111 Å². The predicted octanol–water partition coefficient (Wildman–Crippen LogP) is 4.86. The molecule has 1 amide bonds. The Morgan fingerprint density at radius 2 is 1.62 bits per heavy atom. The van der Waals surface area contributed by atoms with Crippen molar-refractivity contribution in [2.24, 2.45) is 4.99 Å². The third-order valence-corrected chi connectivity index (χ3v) is 5.12. The second-order valence-corrected chi connectivity index (χ2v) is 7.00. The van der Waals surface area contributed by atoms with Gasteiger partial charge in [0, 0.05) is 23.1 Å². The quantitative estimate of drug-likeness (QED) is 0.362. The first-order valence-corrected chi connectivity index (χ1v) is 9.66. The van der Waals surface area contributed by atoms with Crippen LogP contribution in [-0.2, 0) is 0 Å². The molecule has 0 unspecified atom stereocenters. The van der Waals surface area contributed by atoms with Crippen LogP contribution in [0.3, 0.4) is 0 Å². The normalized spacial score (nSPS) is 11.4. The van der Waals surface area contributed by atoms with Crippen LogP contribution in [-0.4, -0.2) is 15.4 Å². The highest BCUT2D eigenvalue weighted by Gasteiger charge is 2.14. The number of amides is 1. The molecule has 0 atom stereocenters. The van der Waals surface area contributed by atoms with Gasteiger partial charge in [0.05, 0.1) is 16.3 Å². The number of nitro benzene ring substituents is 1. The lowest BCUT2D eigenvalue weighted by molar-refractivity contribution is -0.384. The van der Waals surface area contributed by atoms with Crippen LogP contribution >= 0.6 is 11.3 Å². The van der Waals surface area contributed by atoms with Gasteiger partial charge in [0.1, 0.15) is 0 Å². The number of hydrogen-bond acceptors (Lipinski definition) is 4. The number of carbonyl (C=O) groups excluding carboxylic acids is 1. The summed E-state index contributed by atoms with van der Waals surface area (Å²) >= 11 is 1.31. The van der Waals surface area contributed by atoms with Crippen molar-refractivity contribution in [3.8, 4) is 16.9 Å². The van der Waals surface area contributed by atoms with Gasteiger partial charge in [0.15, 0.2) is 4.80 Å². The summed E-state index contributed by atoms with van der Waals surface area (Å²) in [5.74, 6) is -0.369.